The monoisotopic (exact) mass is 350 g/mol. The minimum atomic E-state index is -4.54. The van der Waals surface area contributed by atoms with Gasteiger partial charge in [0.25, 0.3) is 10.1 Å². The Labute approximate surface area is 142 Å². The Balaban J connectivity index is 2.33. The highest BCUT2D eigenvalue weighted by atomic mass is 32.2. The largest absolute Gasteiger partial charge is 0.506 e. The average Bonchev–Trinajstić information content (AvgIpc) is 2.54. The van der Waals surface area contributed by atoms with Gasteiger partial charge in [-0.3, -0.25) is 4.55 Å². The number of phenolic OH excluding ortho intramolecular Hbond substituents is 1. The second-order valence-corrected chi connectivity index (χ2v) is 7.02. The number of para-hydroxylation sites is 1. The molecule has 0 saturated carbocycles. The lowest BCUT2D eigenvalue weighted by Crippen LogP contribution is -2.02. The molecule has 0 heterocycles. The Hall–Kier alpha value is -2.05. The van der Waals surface area contributed by atoms with Gasteiger partial charge >= 0.3 is 0 Å². The van der Waals surface area contributed by atoms with Gasteiger partial charge in [0, 0.05) is 6.07 Å². The first-order chi connectivity index (χ1) is 11.4. The van der Waals surface area contributed by atoms with Crippen LogP contribution in [0.3, 0.4) is 0 Å². The molecule has 0 spiro atoms. The zero-order chi connectivity index (χ0) is 17.6. The molecule has 6 heteroatoms. The molecule has 5 nitrogen and oxygen atoms in total. The summed E-state index contributed by atoms with van der Waals surface area (Å²) in [5.41, 5.74) is 0.451. The topological polar surface area (TPSA) is 83.8 Å². The second-order valence-electron chi connectivity index (χ2n) is 5.63. The highest BCUT2D eigenvalue weighted by Crippen LogP contribution is 2.34. The predicted octanol–water partition coefficient (Wildman–Crippen LogP) is 4.55. The van der Waals surface area contributed by atoms with Gasteiger partial charge < -0.3 is 9.84 Å². The summed E-state index contributed by atoms with van der Waals surface area (Å²) in [5.74, 6) is 0.396. The summed E-state index contributed by atoms with van der Waals surface area (Å²) in [6.07, 6.45) is 4.48. The van der Waals surface area contributed by atoms with Crippen molar-refractivity contribution in [3.8, 4) is 17.2 Å². The van der Waals surface area contributed by atoms with Gasteiger partial charge in [0.05, 0.1) is 0 Å². The molecule has 130 valence electrons. The fourth-order valence-electron chi connectivity index (χ4n) is 2.45. The molecular weight excluding hydrogens is 328 g/mol. The van der Waals surface area contributed by atoms with Crippen LogP contribution in [0, 0.1) is 0 Å². The van der Waals surface area contributed by atoms with E-state index in [9.17, 15) is 18.1 Å². The maximum Gasteiger partial charge on any atom is 0.298 e. The van der Waals surface area contributed by atoms with Crippen LogP contribution in [0.15, 0.2) is 47.4 Å². The third-order valence-corrected chi connectivity index (χ3v) is 4.55. The van der Waals surface area contributed by atoms with Gasteiger partial charge in [-0.2, -0.15) is 8.42 Å². The van der Waals surface area contributed by atoms with Crippen molar-refractivity contribution in [1.29, 1.82) is 0 Å². The van der Waals surface area contributed by atoms with Gasteiger partial charge in [-0.15, -0.1) is 0 Å². The first kappa shape index (κ1) is 18.3. The van der Waals surface area contributed by atoms with E-state index in [0.29, 0.717) is 17.7 Å². The van der Waals surface area contributed by atoms with Gasteiger partial charge in [0.15, 0.2) is 0 Å². The molecule has 2 aromatic carbocycles. The third kappa shape index (κ3) is 4.97. The number of unbranched alkanes of at least 4 members (excludes halogenated alkanes) is 3. The molecule has 24 heavy (non-hydrogen) atoms. The normalized spacial score (nSPS) is 11.4. The standard InChI is InChI=1S/C18H22O5S/c1-2-3-4-6-9-14-12-16(23-15-10-7-5-8-11-15)13-17(18(14)19)24(20,21)22/h5,7-8,10-13,19H,2-4,6,9H2,1H3,(H,20,21,22). The van der Waals surface area contributed by atoms with E-state index in [1.807, 2.05) is 6.07 Å². The molecule has 0 aliphatic carbocycles. The smallest absolute Gasteiger partial charge is 0.298 e. The van der Waals surface area contributed by atoms with Crippen LogP contribution >= 0.6 is 0 Å². The fourth-order valence-corrected chi connectivity index (χ4v) is 3.09. The van der Waals surface area contributed by atoms with Crippen molar-refractivity contribution in [2.75, 3.05) is 0 Å². The molecule has 0 atom stereocenters. The van der Waals surface area contributed by atoms with E-state index in [2.05, 4.69) is 6.92 Å². The van der Waals surface area contributed by atoms with E-state index in [-0.39, 0.29) is 5.75 Å². The third-order valence-electron chi connectivity index (χ3n) is 3.68. The number of hydrogen-bond donors (Lipinski definition) is 2. The number of rotatable bonds is 8. The molecule has 0 bridgehead atoms. The summed E-state index contributed by atoms with van der Waals surface area (Å²) in [7, 11) is -4.54. The molecule has 0 aliphatic rings. The van der Waals surface area contributed by atoms with Crippen LogP contribution in [0.5, 0.6) is 17.2 Å². The van der Waals surface area contributed by atoms with E-state index in [0.717, 1.165) is 31.7 Å². The quantitative estimate of drug-likeness (QED) is 0.539. The number of phenols is 1. The number of benzene rings is 2. The van der Waals surface area contributed by atoms with E-state index >= 15 is 0 Å². The van der Waals surface area contributed by atoms with Gasteiger partial charge in [-0.05, 0) is 36.6 Å². The molecule has 2 aromatic rings. The molecule has 0 saturated heterocycles. The maximum atomic E-state index is 11.5. The van der Waals surface area contributed by atoms with Gasteiger partial charge in [-0.25, -0.2) is 0 Å². The first-order valence-electron chi connectivity index (χ1n) is 7.98. The maximum absolute atomic E-state index is 11.5. The Kier molecular flexibility index (Phi) is 6.23. The minimum Gasteiger partial charge on any atom is -0.506 e. The number of aryl methyl sites for hydroxylation is 1. The second kappa shape index (κ2) is 8.17. The lowest BCUT2D eigenvalue weighted by Gasteiger charge is -2.12. The van der Waals surface area contributed by atoms with E-state index in [1.54, 1.807) is 30.3 Å². The minimum absolute atomic E-state index is 0.261. The van der Waals surface area contributed by atoms with Crippen molar-refractivity contribution in [2.24, 2.45) is 0 Å². The Morgan fingerprint density at radius 3 is 2.33 bits per heavy atom. The lowest BCUT2D eigenvalue weighted by molar-refractivity contribution is 0.428. The molecule has 0 fully saturated rings. The summed E-state index contributed by atoms with van der Waals surface area (Å²) in [6.45, 7) is 2.10. The summed E-state index contributed by atoms with van der Waals surface area (Å²) < 4.78 is 38.1. The predicted molar refractivity (Wildman–Crippen MR) is 92.3 cm³/mol. The molecule has 0 radical (unpaired) electrons. The molecule has 0 unspecified atom stereocenters. The van der Waals surface area contributed by atoms with Crippen LogP contribution in [0.25, 0.3) is 0 Å². The van der Waals surface area contributed by atoms with Crippen LogP contribution in [-0.4, -0.2) is 18.1 Å². The Bertz CT molecular complexity index is 769. The zero-order valence-electron chi connectivity index (χ0n) is 13.6. The lowest BCUT2D eigenvalue weighted by atomic mass is 10.0. The van der Waals surface area contributed by atoms with Crippen LogP contribution < -0.4 is 4.74 Å². The summed E-state index contributed by atoms with van der Waals surface area (Å²) >= 11 is 0. The van der Waals surface area contributed by atoms with Crippen molar-refractivity contribution >= 4 is 10.1 Å². The van der Waals surface area contributed by atoms with Crippen molar-refractivity contribution in [1.82, 2.24) is 0 Å². The summed E-state index contributed by atoms with van der Waals surface area (Å²) in [4.78, 5) is -0.526. The summed E-state index contributed by atoms with van der Waals surface area (Å²) in [6, 6.07) is 11.7. The van der Waals surface area contributed by atoms with Crippen LogP contribution in [0.1, 0.15) is 38.2 Å². The van der Waals surface area contributed by atoms with E-state index in [1.165, 1.54) is 0 Å². The number of hydrogen-bond acceptors (Lipinski definition) is 4. The number of aromatic hydroxyl groups is 1. The Morgan fingerprint density at radius 2 is 1.71 bits per heavy atom. The SMILES string of the molecule is CCCCCCc1cc(Oc2ccccc2)cc(S(=O)(=O)O)c1O. The molecule has 0 amide bonds. The molecule has 0 aromatic heterocycles. The molecular formula is C18H22O5S. The average molecular weight is 350 g/mol. The first-order valence-corrected chi connectivity index (χ1v) is 9.42. The van der Waals surface area contributed by atoms with Crippen molar-refractivity contribution in [3.05, 3.63) is 48.0 Å². The van der Waals surface area contributed by atoms with Crippen LogP contribution in [0.2, 0.25) is 0 Å². The fraction of sp³-hybridized carbons (Fsp3) is 0.333. The van der Waals surface area contributed by atoms with Crippen LogP contribution in [-0.2, 0) is 16.5 Å². The van der Waals surface area contributed by atoms with Gasteiger partial charge in [0.2, 0.25) is 0 Å². The van der Waals surface area contributed by atoms with Gasteiger partial charge in [0.1, 0.15) is 22.1 Å². The molecule has 2 rings (SSSR count). The van der Waals surface area contributed by atoms with Crippen LogP contribution in [0.4, 0.5) is 0 Å². The van der Waals surface area contributed by atoms with Crippen molar-refractivity contribution < 1.29 is 22.8 Å². The zero-order valence-corrected chi connectivity index (χ0v) is 14.4. The summed E-state index contributed by atoms with van der Waals surface area (Å²) in [5, 5.41) is 10.2. The Morgan fingerprint density at radius 1 is 1.00 bits per heavy atom. The van der Waals surface area contributed by atoms with Gasteiger partial charge in [-0.1, -0.05) is 44.4 Å². The van der Waals surface area contributed by atoms with E-state index in [4.69, 9.17) is 4.74 Å². The van der Waals surface area contributed by atoms with E-state index < -0.39 is 20.8 Å². The highest BCUT2D eigenvalue weighted by molar-refractivity contribution is 7.86. The molecule has 2 N–H and O–H groups in total. The molecule has 0 aliphatic heterocycles. The highest BCUT2D eigenvalue weighted by Gasteiger charge is 2.20. The van der Waals surface area contributed by atoms with Crippen molar-refractivity contribution in [2.45, 2.75) is 43.9 Å². The van der Waals surface area contributed by atoms with Crippen molar-refractivity contribution in [3.63, 3.8) is 0 Å². The number of ether oxygens (including phenoxy) is 1.